The second-order valence-electron chi connectivity index (χ2n) is 4.42. The van der Waals surface area contributed by atoms with Crippen LogP contribution in [0.1, 0.15) is 32.3 Å². The fourth-order valence-electron chi connectivity index (χ4n) is 1.50. The Morgan fingerprint density at radius 3 is 2.25 bits per heavy atom. The number of carbonyl (C=O) groups is 2. The Morgan fingerprint density at radius 1 is 1.30 bits per heavy atom. The number of rotatable bonds is 6. The largest absolute Gasteiger partial charge is 0.480 e. The van der Waals surface area contributed by atoms with Gasteiger partial charge in [0, 0.05) is 13.3 Å². The Bertz CT molecular complexity index is 393. The lowest BCUT2D eigenvalue weighted by atomic mass is 10.1. The summed E-state index contributed by atoms with van der Waals surface area (Å²) in [6.45, 7) is 3.50. The van der Waals surface area contributed by atoms with Gasteiger partial charge in [-0.15, -0.1) is 9.24 Å². The van der Waals surface area contributed by atoms with Crippen molar-refractivity contribution in [3.05, 3.63) is 35.9 Å². The van der Waals surface area contributed by atoms with Crippen molar-refractivity contribution in [2.75, 3.05) is 6.16 Å². The first-order valence-electron chi connectivity index (χ1n) is 6.75. The third kappa shape index (κ3) is 9.51. The topological polar surface area (TPSA) is 66.4 Å². The van der Waals surface area contributed by atoms with E-state index >= 15 is 0 Å². The van der Waals surface area contributed by atoms with E-state index in [9.17, 15) is 9.59 Å². The molecular weight excluding hydrogens is 273 g/mol. The maximum Gasteiger partial charge on any atom is 0.326 e. The highest BCUT2D eigenvalue weighted by Gasteiger charge is 2.18. The Balaban J connectivity index is 0.000000621. The van der Waals surface area contributed by atoms with Crippen molar-refractivity contribution in [3.8, 4) is 0 Å². The zero-order valence-corrected chi connectivity index (χ0v) is 13.3. The molecule has 0 radical (unpaired) electrons. The van der Waals surface area contributed by atoms with E-state index in [1.165, 1.54) is 25.9 Å². The molecule has 0 aliphatic rings. The number of benzene rings is 1. The first kappa shape index (κ1) is 18.6. The van der Waals surface area contributed by atoms with E-state index < -0.39 is 12.0 Å². The van der Waals surface area contributed by atoms with Crippen molar-refractivity contribution in [1.29, 1.82) is 0 Å². The number of unbranched alkanes of at least 4 members (excludes halogenated alkanes) is 1. The van der Waals surface area contributed by atoms with E-state index in [4.69, 9.17) is 5.11 Å². The minimum Gasteiger partial charge on any atom is -0.480 e. The average Bonchev–Trinajstić information content (AvgIpc) is 2.40. The molecule has 0 heterocycles. The van der Waals surface area contributed by atoms with Gasteiger partial charge in [-0.1, -0.05) is 50.1 Å². The summed E-state index contributed by atoms with van der Waals surface area (Å²) in [6.07, 6.45) is 4.24. The first-order valence-corrected chi connectivity index (χ1v) is 7.56. The Labute approximate surface area is 123 Å². The minimum atomic E-state index is -1.02. The van der Waals surface area contributed by atoms with Crippen LogP contribution in [-0.4, -0.2) is 29.2 Å². The quantitative estimate of drug-likeness (QED) is 0.793. The van der Waals surface area contributed by atoms with Crippen molar-refractivity contribution in [1.82, 2.24) is 5.32 Å². The van der Waals surface area contributed by atoms with Crippen molar-refractivity contribution in [3.63, 3.8) is 0 Å². The molecule has 0 aromatic heterocycles. The maximum absolute atomic E-state index is 10.8. The predicted molar refractivity (Wildman–Crippen MR) is 84.9 cm³/mol. The molecule has 0 aliphatic heterocycles. The van der Waals surface area contributed by atoms with Crippen LogP contribution in [0.15, 0.2) is 30.3 Å². The molecule has 2 unspecified atom stereocenters. The van der Waals surface area contributed by atoms with Crippen LogP contribution in [0.4, 0.5) is 0 Å². The standard InChI is InChI=1S/C11H13NO3.C4H11P/c1-8(13)12-10(11(14)15)7-9-5-3-2-4-6-9;1-2-3-4-5/h2-6,10H,7H2,1H3,(H,12,13)(H,14,15);2-5H2,1H3. The lowest BCUT2D eigenvalue weighted by Crippen LogP contribution is -2.41. The zero-order valence-electron chi connectivity index (χ0n) is 12.1. The van der Waals surface area contributed by atoms with Crippen LogP contribution in [0.3, 0.4) is 0 Å². The van der Waals surface area contributed by atoms with Crippen molar-refractivity contribution in [2.24, 2.45) is 0 Å². The van der Waals surface area contributed by atoms with E-state index in [-0.39, 0.29) is 5.91 Å². The molecule has 0 saturated carbocycles. The fourth-order valence-corrected chi connectivity index (χ4v) is 1.91. The van der Waals surface area contributed by atoms with Gasteiger partial charge in [0.15, 0.2) is 0 Å². The minimum absolute atomic E-state index is 0.301. The molecule has 1 aromatic rings. The van der Waals surface area contributed by atoms with Gasteiger partial charge in [-0.25, -0.2) is 4.79 Å². The number of nitrogens with one attached hydrogen (secondary N) is 1. The number of hydrogen-bond acceptors (Lipinski definition) is 2. The van der Waals surface area contributed by atoms with Crippen LogP contribution in [0.5, 0.6) is 0 Å². The molecule has 5 heteroatoms. The van der Waals surface area contributed by atoms with Gasteiger partial charge >= 0.3 is 5.97 Å². The molecule has 112 valence electrons. The van der Waals surface area contributed by atoms with Crippen LogP contribution in [0.2, 0.25) is 0 Å². The molecule has 1 rings (SSSR count). The van der Waals surface area contributed by atoms with Crippen molar-refractivity contribution >= 4 is 21.1 Å². The number of hydrogen-bond donors (Lipinski definition) is 2. The molecule has 2 N–H and O–H groups in total. The summed E-state index contributed by atoms with van der Waals surface area (Å²) in [7, 11) is 2.70. The third-order valence-corrected chi connectivity index (χ3v) is 2.92. The molecule has 0 aliphatic carbocycles. The van der Waals surface area contributed by atoms with Crippen molar-refractivity contribution < 1.29 is 14.7 Å². The normalized spacial score (nSPS) is 10.9. The molecule has 20 heavy (non-hydrogen) atoms. The number of amides is 1. The van der Waals surface area contributed by atoms with Gasteiger partial charge < -0.3 is 10.4 Å². The maximum atomic E-state index is 10.8. The van der Waals surface area contributed by atoms with Gasteiger partial charge in [-0.3, -0.25) is 4.79 Å². The van der Waals surface area contributed by atoms with E-state index in [0.29, 0.717) is 6.42 Å². The summed E-state index contributed by atoms with van der Waals surface area (Å²) >= 11 is 0. The lowest BCUT2D eigenvalue weighted by molar-refractivity contribution is -0.141. The molecule has 0 bridgehead atoms. The Hall–Kier alpha value is -1.41. The van der Waals surface area contributed by atoms with Gasteiger partial charge in [0.1, 0.15) is 6.04 Å². The SMILES string of the molecule is CC(=O)NC(Cc1ccccc1)C(=O)O.CCCCP. The molecule has 0 saturated heterocycles. The van der Waals surface area contributed by atoms with E-state index in [1.54, 1.807) is 0 Å². The van der Waals surface area contributed by atoms with Gasteiger partial charge in [0.25, 0.3) is 0 Å². The number of carboxylic acids is 1. The summed E-state index contributed by atoms with van der Waals surface area (Å²) in [5.41, 5.74) is 0.888. The smallest absolute Gasteiger partial charge is 0.326 e. The average molecular weight is 297 g/mol. The first-order chi connectivity index (χ1) is 9.51. The Morgan fingerprint density at radius 2 is 1.90 bits per heavy atom. The highest BCUT2D eigenvalue weighted by atomic mass is 31.0. The third-order valence-electron chi connectivity index (χ3n) is 2.52. The van der Waals surface area contributed by atoms with E-state index in [2.05, 4.69) is 21.5 Å². The zero-order chi connectivity index (χ0) is 15.4. The fraction of sp³-hybridized carbons (Fsp3) is 0.467. The summed E-state index contributed by atoms with van der Waals surface area (Å²) < 4.78 is 0. The van der Waals surface area contributed by atoms with Crippen LogP contribution in [-0.2, 0) is 16.0 Å². The molecular formula is C15H24NO3P. The van der Waals surface area contributed by atoms with Crippen LogP contribution in [0, 0.1) is 0 Å². The molecule has 4 nitrogen and oxygen atoms in total. The molecule has 2 atom stereocenters. The molecule has 0 fully saturated rings. The van der Waals surface area contributed by atoms with E-state index in [1.807, 2.05) is 30.3 Å². The Kier molecular flexibility index (Phi) is 10.6. The summed E-state index contributed by atoms with van der Waals surface area (Å²) in [6, 6.07) is 8.34. The van der Waals surface area contributed by atoms with Crippen LogP contribution >= 0.6 is 9.24 Å². The predicted octanol–water partition coefficient (Wildman–Crippen LogP) is 2.48. The number of carboxylic acid groups (broad SMARTS) is 1. The van der Waals surface area contributed by atoms with Crippen molar-refractivity contribution in [2.45, 2.75) is 39.2 Å². The monoisotopic (exact) mass is 297 g/mol. The molecule has 0 spiro atoms. The molecule has 1 aromatic carbocycles. The number of carbonyl (C=O) groups excluding carboxylic acids is 1. The van der Waals surface area contributed by atoms with E-state index in [0.717, 1.165) is 5.56 Å². The van der Waals surface area contributed by atoms with Gasteiger partial charge in [-0.2, -0.15) is 0 Å². The van der Waals surface area contributed by atoms with Gasteiger partial charge in [-0.05, 0) is 11.7 Å². The lowest BCUT2D eigenvalue weighted by Gasteiger charge is -2.12. The molecule has 1 amide bonds. The number of aliphatic carboxylic acids is 1. The van der Waals surface area contributed by atoms with Gasteiger partial charge in [0.05, 0.1) is 0 Å². The summed E-state index contributed by atoms with van der Waals surface area (Å²) in [5, 5.41) is 11.3. The van der Waals surface area contributed by atoms with Gasteiger partial charge in [0.2, 0.25) is 5.91 Å². The summed E-state index contributed by atoms with van der Waals surface area (Å²) in [5.74, 6) is -1.35. The highest BCUT2D eigenvalue weighted by molar-refractivity contribution is 7.16. The van der Waals surface area contributed by atoms with Crippen LogP contribution in [0.25, 0.3) is 0 Å². The highest BCUT2D eigenvalue weighted by Crippen LogP contribution is 2.03. The van der Waals surface area contributed by atoms with Crippen LogP contribution < -0.4 is 5.32 Å². The second kappa shape index (κ2) is 11.4. The summed E-state index contributed by atoms with van der Waals surface area (Å²) in [4.78, 5) is 21.6. The second-order valence-corrected chi connectivity index (χ2v) is 5.00.